The molecule has 4 rings (SSSR count). The Morgan fingerprint density at radius 2 is 1.81 bits per heavy atom. The van der Waals surface area contributed by atoms with Crippen molar-refractivity contribution >= 4 is 11.9 Å². The highest BCUT2D eigenvalue weighted by atomic mass is 14.7. The van der Waals surface area contributed by atoms with E-state index in [1.165, 1.54) is 22.3 Å². The maximum absolute atomic E-state index is 4.50. The third-order valence-corrected chi connectivity index (χ3v) is 3.63. The van der Waals surface area contributed by atoms with Crippen LogP contribution in [0, 0.1) is 0 Å². The quantitative estimate of drug-likeness (QED) is 0.618. The van der Waals surface area contributed by atoms with Crippen molar-refractivity contribution in [3.05, 3.63) is 53.6 Å². The van der Waals surface area contributed by atoms with Crippen LogP contribution >= 0.6 is 0 Å². The molecule has 0 spiro atoms. The Kier molecular flexibility index (Phi) is 1.46. The van der Waals surface area contributed by atoms with Gasteiger partial charge in [-0.25, -0.2) is 0 Å². The number of aliphatic imine (C=N–C) groups is 1. The van der Waals surface area contributed by atoms with Crippen LogP contribution in [0.5, 0.6) is 0 Å². The number of benzene rings is 2. The van der Waals surface area contributed by atoms with Crippen molar-refractivity contribution in [3.63, 3.8) is 0 Å². The lowest BCUT2D eigenvalue weighted by Crippen LogP contribution is -2.01. The molecule has 0 radical (unpaired) electrons. The highest BCUT2D eigenvalue weighted by Gasteiger charge is 2.31. The molecule has 76 valence electrons. The van der Waals surface area contributed by atoms with Gasteiger partial charge in [0, 0.05) is 12.1 Å². The monoisotopic (exact) mass is 205 g/mol. The first-order valence-electron chi connectivity index (χ1n) is 5.70. The molecule has 2 aromatic rings. The zero-order valence-electron chi connectivity index (χ0n) is 8.85. The van der Waals surface area contributed by atoms with E-state index in [2.05, 4.69) is 53.7 Å². The van der Waals surface area contributed by atoms with Gasteiger partial charge in [-0.05, 0) is 34.7 Å². The predicted octanol–water partition coefficient (Wildman–Crippen LogP) is 3.90. The molecule has 0 N–H and O–H groups in total. The highest BCUT2D eigenvalue weighted by Crippen LogP contribution is 2.51. The Morgan fingerprint density at radius 3 is 2.81 bits per heavy atom. The normalized spacial score (nSPS) is 19.4. The average molecular weight is 205 g/mol. The molecular formula is C15H11N. The molecule has 1 aliphatic carbocycles. The molecule has 1 heterocycles. The first-order chi connectivity index (χ1) is 7.95. The second kappa shape index (κ2) is 2.82. The second-order valence-electron chi connectivity index (χ2n) is 4.43. The molecule has 0 aromatic heterocycles. The standard InChI is InChI=1S/C15H11N/c1-2-5-11-10(4-1)12-6-3-7-14-15(12)13(11)8-9-16-14/h1-7,9,13H,8H2. The Morgan fingerprint density at radius 1 is 0.938 bits per heavy atom. The van der Waals surface area contributed by atoms with E-state index in [9.17, 15) is 0 Å². The van der Waals surface area contributed by atoms with E-state index in [1.807, 2.05) is 0 Å². The summed E-state index contributed by atoms with van der Waals surface area (Å²) in [5.41, 5.74) is 6.84. The van der Waals surface area contributed by atoms with E-state index in [1.54, 1.807) is 0 Å². The van der Waals surface area contributed by atoms with E-state index >= 15 is 0 Å². The van der Waals surface area contributed by atoms with Crippen molar-refractivity contribution in [2.75, 3.05) is 0 Å². The lowest BCUT2D eigenvalue weighted by Gasteiger charge is -2.16. The maximum atomic E-state index is 4.50. The van der Waals surface area contributed by atoms with Crippen LogP contribution in [-0.2, 0) is 0 Å². The molecule has 0 bridgehead atoms. The number of nitrogens with zero attached hydrogens (tertiary/aromatic N) is 1. The molecule has 2 aromatic carbocycles. The second-order valence-corrected chi connectivity index (χ2v) is 4.43. The van der Waals surface area contributed by atoms with Gasteiger partial charge in [-0.1, -0.05) is 36.4 Å². The van der Waals surface area contributed by atoms with E-state index in [0.717, 1.165) is 12.1 Å². The SMILES string of the molecule is C1=Nc2cccc3c2C(C1)c1ccccc1-3. The first kappa shape index (κ1) is 8.28. The summed E-state index contributed by atoms with van der Waals surface area (Å²) >= 11 is 0. The lowest BCUT2D eigenvalue weighted by atomic mass is 9.91. The Bertz CT molecular complexity index is 611. The largest absolute Gasteiger partial charge is 0.261 e. The van der Waals surface area contributed by atoms with Gasteiger partial charge >= 0.3 is 0 Å². The summed E-state index contributed by atoms with van der Waals surface area (Å²) in [7, 11) is 0. The highest BCUT2D eigenvalue weighted by molar-refractivity contribution is 5.87. The van der Waals surface area contributed by atoms with Crippen molar-refractivity contribution in [2.45, 2.75) is 12.3 Å². The molecule has 16 heavy (non-hydrogen) atoms. The van der Waals surface area contributed by atoms with Crippen LogP contribution in [0.3, 0.4) is 0 Å². The molecule has 1 atom stereocenters. The van der Waals surface area contributed by atoms with E-state index in [4.69, 9.17) is 0 Å². The molecule has 1 unspecified atom stereocenters. The average Bonchev–Trinajstić information content (AvgIpc) is 2.68. The fraction of sp³-hybridized carbons (Fsp3) is 0.133. The smallest absolute Gasteiger partial charge is 0.0670 e. The molecule has 0 saturated carbocycles. The van der Waals surface area contributed by atoms with Crippen molar-refractivity contribution in [2.24, 2.45) is 4.99 Å². The van der Waals surface area contributed by atoms with Crippen molar-refractivity contribution < 1.29 is 0 Å². The molecular weight excluding hydrogens is 194 g/mol. The Balaban J connectivity index is 2.13. The van der Waals surface area contributed by atoms with Crippen LogP contribution in [-0.4, -0.2) is 6.21 Å². The summed E-state index contributed by atoms with van der Waals surface area (Å²) in [5, 5.41) is 0. The summed E-state index contributed by atoms with van der Waals surface area (Å²) in [6.45, 7) is 0. The fourth-order valence-electron chi connectivity index (χ4n) is 2.97. The third kappa shape index (κ3) is 0.884. The van der Waals surface area contributed by atoms with Crippen LogP contribution < -0.4 is 0 Å². The van der Waals surface area contributed by atoms with Gasteiger partial charge in [0.15, 0.2) is 0 Å². The van der Waals surface area contributed by atoms with Gasteiger partial charge in [0.25, 0.3) is 0 Å². The summed E-state index contributed by atoms with van der Waals surface area (Å²) in [4.78, 5) is 4.50. The zero-order chi connectivity index (χ0) is 10.5. The minimum atomic E-state index is 0.542. The topological polar surface area (TPSA) is 12.4 Å². The number of hydrogen-bond acceptors (Lipinski definition) is 1. The summed E-state index contributed by atoms with van der Waals surface area (Å²) < 4.78 is 0. The minimum Gasteiger partial charge on any atom is -0.261 e. The van der Waals surface area contributed by atoms with Crippen molar-refractivity contribution in [3.8, 4) is 11.1 Å². The van der Waals surface area contributed by atoms with Gasteiger partial charge in [-0.3, -0.25) is 4.99 Å². The van der Waals surface area contributed by atoms with Crippen LogP contribution in [0.15, 0.2) is 47.5 Å². The van der Waals surface area contributed by atoms with Crippen LogP contribution in [0.4, 0.5) is 5.69 Å². The van der Waals surface area contributed by atoms with Crippen molar-refractivity contribution in [1.29, 1.82) is 0 Å². The van der Waals surface area contributed by atoms with Gasteiger partial charge < -0.3 is 0 Å². The molecule has 1 aliphatic heterocycles. The van der Waals surface area contributed by atoms with Gasteiger partial charge in [-0.2, -0.15) is 0 Å². The molecule has 0 saturated heterocycles. The minimum absolute atomic E-state index is 0.542. The van der Waals surface area contributed by atoms with Crippen LogP contribution in [0.2, 0.25) is 0 Å². The number of hydrogen-bond donors (Lipinski definition) is 0. The van der Waals surface area contributed by atoms with Gasteiger partial charge in [0.2, 0.25) is 0 Å². The molecule has 2 aliphatic rings. The van der Waals surface area contributed by atoms with E-state index in [-0.39, 0.29) is 0 Å². The molecule has 0 amide bonds. The van der Waals surface area contributed by atoms with Crippen LogP contribution in [0.1, 0.15) is 23.5 Å². The summed E-state index contributed by atoms with van der Waals surface area (Å²) in [5.74, 6) is 0.542. The predicted molar refractivity (Wildman–Crippen MR) is 66.5 cm³/mol. The number of rotatable bonds is 0. The molecule has 0 fully saturated rings. The zero-order valence-corrected chi connectivity index (χ0v) is 8.85. The van der Waals surface area contributed by atoms with Gasteiger partial charge in [-0.15, -0.1) is 0 Å². The van der Waals surface area contributed by atoms with Gasteiger partial charge in [0.05, 0.1) is 5.69 Å². The first-order valence-corrected chi connectivity index (χ1v) is 5.70. The fourth-order valence-corrected chi connectivity index (χ4v) is 2.97. The summed E-state index contributed by atoms with van der Waals surface area (Å²) in [6, 6.07) is 15.2. The third-order valence-electron chi connectivity index (χ3n) is 3.63. The maximum Gasteiger partial charge on any atom is 0.0670 e. The molecule has 1 heteroatoms. The van der Waals surface area contributed by atoms with E-state index < -0.39 is 0 Å². The summed E-state index contributed by atoms with van der Waals surface area (Å²) in [6.07, 6.45) is 3.10. The lowest BCUT2D eigenvalue weighted by molar-refractivity contribution is 0.879. The van der Waals surface area contributed by atoms with Gasteiger partial charge in [0.1, 0.15) is 0 Å². The van der Waals surface area contributed by atoms with Crippen molar-refractivity contribution in [1.82, 2.24) is 0 Å². The molecule has 1 nitrogen and oxygen atoms in total. The number of fused-ring (bicyclic) bond motifs is 3. The Labute approximate surface area is 94.5 Å². The van der Waals surface area contributed by atoms with Crippen LogP contribution in [0.25, 0.3) is 11.1 Å². The van der Waals surface area contributed by atoms with E-state index in [0.29, 0.717) is 5.92 Å². The Hall–Kier alpha value is -1.89.